The number of hydrogen-bond donors (Lipinski definition) is 0. The normalized spacial score (nSPS) is 11.2. The third kappa shape index (κ3) is 5.11. The minimum atomic E-state index is -0.0631. The van der Waals surface area contributed by atoms with Crippen LogP contribution in [0.15, 0.2) is 97.3 Å². The van der Waals surface area contributed by atoms with Crippen LogP contribution in [0.4, 0.5) is 5.13 Å². The Hall–Kier alpha value is -3.54. The first kappa shape index (κ1) is 23.2. The van der Waals surface area contributed by atoms with E-state index in [2.05, 4.69) is 29.2 Å². The van der Waals surface area contributed by atoms with E-state index in [1.807, 2.05) is 67.6 Å². The van der Waals surface area contributed by atoms with E-state index in [9.17, 15) is 4.79 Å². The van der Waals surface area contributed by atoms with E-state index in [-0.39, 0.29) is 11.8 Å². The highest BCUT2D eigenvalue weighted by atomic mass is 35.5. The lowest BCUT2D eigenvalue weighted by Gasteiger charge is -2.24. The van der Waals surface area contributed by atoms with Crippen LogP contribution in [0.1, 0.15) is 34.6 Å². The zero-order valence-corrected chi connectivity index (χ0v) is 20.8. The lowest BCUT2D eigenvalue weighted by atomic mass is 9.88. The van der Waals surface area contributed by atoms with Crippen molar-refractivity contribution < 1.29 is 4.79 Å². The number of pyridine rings is 1. The Bertz CT molecular complexity index is 1400. The Morgan fingerprint density at radius 1 is 0.943 bits per heavy atom. The Morgan fingerprint density at radius 2 is 1.63 bits per heavy atom. The van der Waals surface area contributed by atoms with Gasteiger partial charge in [-0.3, -0.25) is 14.7 Å². The van der Waals surface area contributed by atoms with Gasteiger partial charge in [-0.15, -0.1) is 0 Å². The van der Waals surface area contributed by atoms with Gasteiger partial charge in [-0.05, 0) is 47.4 Å². The lowest BCUT2D eigenvalue weighted by molar-refractivity contribution is -0.119. The van der Waals surface area contributed by atoms with Crippen LogP contribution in [-0.4, -0.2) is 15.9 Å². The van der Waals surface area contributed by atoms with Gasteiger partial charge < -0.3 is 0 Å². The Balaban J connectivity index is 1.54. The van der Waals surface area contributed by atoms with Crippen molar-refractivity contribution in [3.63, 3.8) is 0 Å². The average Bonchev–Trinajstić information content (AvgIpc) is 3.34. The highest BCUT2D eigenvalue weighted by Gasteiger charge is 2.26. The second-order valence-corrected chi connectivity index (χ2v) is 9.85. The summed E-state index contributed by atoms with van der Waals surface area (Å²) < 4.78 is 1.01. The van der Waals surface area contributed by atoms with Crippen molar-refractivity contribution in [3.8, 4) is 0 Å². The summed E-state index contributed by atoms with van der Waals surface area (Å²) in [5, 5.41) is 1.34. The minimum Gasteiger partial charge on any atom is -0.284 e. The number of benzene rings is 3. The fraction of sp³-hybridized carbons (Fsp3) is 0.138. The van der Waals surface area contributed by atoms with Crippen molar-refractivity contribution >= 4 is 44.2 Å². The maximum atomic E-state index is 14.0. The number of carbonyl (C=O) groups excluding carboxylic acids is 1. The number of aromatic nitrogens is 2. The quantitative estimate of drug-likeness (QED) is 0.235. The molecule has 0 saturated heterocycles. The van der Waals surface area contributed by atoms with Gasteiger partial charge in [0.2, 0.25) is 5.91 Å². The maximum Gasteiger partial charge on any atom is 0.230 e. The van der Waals surface area contributed by atoms with Gasteiger partial charge in [-0.25, -0.2) is 4.98 Å². The van der Waals surface area contributed by atoms with Crippen molar-refractivity contribution in [3.05, 3.63) is 125 Å². The number of rotatable bonds is 7. The van der Waals surface area contributed by atoms with Crippen LogP contribution in [0, 0.1) is 6.92 Å². The van der Waals surface area contributed by atoms with Gasteiger partial charge in [0.05, 0.1) is 16.8 Å². The largest absolute Gasteiger partial charge is 0.284 e. The molecule has 0 saturated carbocycles. The van der Waals surface area contributed by atoms with Gasteiger partial charge >= 0.3 is 0 Å². The van der Waals surface area contributed by atoms with E-state index in [1.165, 1.54) is 11.3 Å². The molecule has 0 atom stereocenters. The van der Waals surface area contributed by atoms with Crippen molar-refractivity contribution in [1.29, 1.82) is 0 Å². The van der Waals surface area contributed by atoms with E-state index in [4.69, 9.17) is 16.6 Å². The number of hydrogen-bond acceptors (Lipinski definition) is 4. The molecule has 1 amide bonds. The number of halogens is 1. The van der Waals surface area contributed by atoms with E-state index >= 15 is 0 Å². The SMILES string of the molecule is Cc1c(Cl)ccc2sc(N(Cc3cccnc3)C(=O)CC(c3ccccc3)c3ccccc3)nc12. The predicted molar refractivity (Wildman–Crippen MR) is 144 cm³/mol. The zero-order valence-electron chi connectivity index (χ0n) is 19.3. The van der Waals surface area contributed by atoms with Gasteiger partial charge in [-0.2, -0.15) is 0 Å². The number of anilines is 1. The zero-order chi connectivity index (χ0) is 24.2. The summed E-state index contributed by atoms with van der Waals surface area (Å²) in [5.41, 5.74) is 4.93. The molecule has 0 N–H and O–H groups in total. The highest BCUT2D eigenvalue weighted by Crippen LogP contribution is 2.36. The van der Waals surface area contributed by atoms with Crippen LogP contribution in [-0.2, 0) is 11.3 Å². The molecule has 4 nitrogen and oxygen atoms in total. The second-order valence-electron chi connectivity index (χ2n) is 8.43. The molecule has 0 unspecified atom stereocenters. The summed E-state index contributed by atoms with van der Waals surface area (Å²) in [6.07, 6.45) is 3.85. The molecule has 5 aromatic rings. The minimum absolute atomic E-state index is 0.00867. The average molecular weight is 498 g/mol. The fourth-order valence-corrected chi connectivity index (χ4v) is 5.42. The summed E-state index contributed by atoms with van der Waals surface area (Å²) in [4.78, 5) is 24.9. The first-order chi connectivity index (χ1) is 17.1. The summed E-state index contributed by atoms with van der Waals surface area (Å²) in [7, 11) is 0. The van der Waals surface area contributed by atoms with Crippen molar-refractivity contribution in [2.24, 2.45) is 0 Å². The first-order valence-corrected chi connectivity index (χ1v) is 12.6. The van der Waals surface area contributed by atoms with Gasteiger partial charge in [0.15, 0.2) is 5.13 Å². The number of aryl methyl sites for hydroxylation is 1. The molecule has 0 bridgehead atoms. The molecule has 2 heterocycles. The standard InChI is InChI=1S/C29H24ClN3OS/c1-20-25(30)14-15-26-28(20)32-29(35-26)33(19-21-9-8-16-31-18-21)27(34)17-24(22-10-4-2-5-11-22)23-12-6-3-7-13-23/h2-16,18,24H,17,19H2,1H3. The van der Waals surface area contributed by atoms with Crippen molar-refractivity contribution in [1.82, 2.24) is 9.97 Å². The number of carbonyl (C=O) groups is 1. The summed E-state index contributed by atoms with van der Waals surface area (Å²) >= 11 is 7.86. The lowest BCUT2D eigenvalue weighted by Crippen LogP contribution is -2.31. The Kier molecular flexibility index (Phi) is 6.89. The van der Waals surface area contributed by atoms with E-state index < -0.39 is 0 Å². The fourth-order valence-electron chi connectivity index (χ4n) is 4.22. The molecule has 6 heteroatoms. The molecule has 0 aliphatic rings. The van der Waals surface area contributed by atoms with E-state index in [0.29, 0.717) is 23.1 Å². The molecular formula is C29H24ClN3OS. The van der Waals surface area contributed by atoms with Crippen molar-refractivity contribution in [2.45, 2.75) is 25.8 Å². The highest BCUT2D eigenvalue weighted by molar-refractivity contribution is 7.22. The molecule has 0 radical (unpaired) electrons. The third-order valence-corrected chi connectivity index (χ3v) is 7.57. The molecule has 174 valence electrons. The number of fused-ring (bicyclic) bond motifs is 1. The van der Waals surface area contributed by atoms with Gasteiger partial charge in [-0.1, -0.05) is 89.7 Å². The molecule has 35 heavy (non-hydrogen) atoms. The smallest absolute Gasteiger partial charge is 0.230 e. The molecule has 2 aromatic heterocycles. The topological polar surface area (TPSA) is 46.1 Å². The predicted octanol–water partition coefficient (Wildman–Crippen LogP) is 7.41. The maximum absolute atomic E-state index is 14.0. The first-order valence-electron chi connectivity index (χ1n) is 11.4. The second kappa shape index (κ2) is 10.4. The van der Waals surface area contributed by atoms with Crippen LogP contribution in [0.5, 0.6) is 0 Å². The van der Waals surface area contributed by atoms with Crippen LogP contribution in [0.3, 0.4) is 0 Å². The summed E-state index contributed by atoms with van der Waals surface area (Å²) in [6.45, 7) is 2.36. The molecular weight excluding hydrogens is 474 g/mol. The molecule has 5 rings (SSSR count). The van der Waals surface area contributed by atoms with Gasteiger partial charge in [0, 0.05) is 29.8 Å². The number of amides is 1. The summed E-state index contributed by atoms with van der Waals surface area (Å²) in [5.74, 6) is -0.0544. The molecule has 0 spiro atoms. The summed E-state index contributed by atoms with van der Waals surface area (Å²) in [6, 6.07) is 28.1. The van der Waals surface area contributed by atoms with E-state index in [1.54, 1.807) is 17.3 Å². The van der Waals surface area contributed by atoms with E-state index in [0.717, 1.165) is 32.5 Å². The van der Waals surface area contributed by atoms with Gasteiger partial charge in [0.1, 0.15) is 0 Å². The molecule has 3 aromatic carbocycles. The monoisotopic (exact) mass is 497 g/mol. The van der Waals surface area contributed by atoms with Crippen molar-refractivity contribution in [2.75, 3.05) is 4.90 Å². The van der Waals surface area contributed by atoms with Gasteiger partial charge in [0.25, 0.3) is 0 Å². The van der Waals surface area contributed by atoms with Crippen LogP contribution >= 0.6 is 22.9 Å². The molecule has 0 fully saturated rings. The molecule has 0 aliphatic heterocycles. The third-order valence-electron chi connectivity index (χ3n) is 6.11. The Morgan fingerprint density at radius 3 is 2.26 bits per heavy atom. The van der Waals surface area contributed by atoms with Crippen LogP contribution in [0.2, 0.25) is 5.02 Å². The number of nitrogens with zero attached hydrogens (tertiary/aromatic N) is 3. The van der Waals surface area contributed by atoms with Crippen LogP contribution in [0.25, 0.3) is 10.2 Å². The number of thiazole rings is 1. The van der Waals surface area contributed by atoms with Crippen LogP contribution < -0.4 is 4.90 Å². The Labute approximate surface area is 213 Å². The molecule has 0 aliphatic carbocycles.